The molecule has 2 heterocycles. The highest BCUT2D eigenvalue weighted by atomic mass is 32.1. The van der Waals surface area contributed by atoms with Crippen molar-refractivity contribution >= 4 is 29.1 Å². The number of halogens is 2. The van der Waals surface area contributed by atoms with Crippen molar-refractivity contribution in [3.63, 3.8) is 0 Å². The summed E-state index contributed by atoms with van der Waals surface area (Å²) < 4.78 is 33.1. The first-order valence-electron chi connectivity index (χ1n) is 7.84. The monoisotopic (exact) mass is 376 g/mol. The Kier molecular flexibility index (Phi) is 5.27. The van der Waals surface area contributed by atoms with Gasteiger partial charge in [-0.1, -0.05) is 0 Å². The molecule has 6 nitrogen and oxygen atoms in total. The summed E-state index contributed by atoms with van der Waals surface area (Å²) in [6.07, 6.45) is -1.12. The summed E-state index contributed by atoms with van der Waals surface area (Å²) >= 11 is 0.940. The lowest BCUT2D eigenvalue weighted by Gasteiger charge is -2.36. The molecule has 1 aromatic rings. The molecular weight excluding hydrogens is 354 g/mol. The van der Waals surface area contributed by atoms with E-state index in [-0.39, 0.29) is 11.4 Å². The number of aromatic carboxylic acids is 1. The Labute approximate surface area is 148 Å². The number of carboxylic acids is 1. The molecule has 0 saturated heterocycles. The number of alkyl carbamates (subject to hydrolysis) is 1. The molecule has 9 heteroatoms. The minimum Gasteiger partial charge on any atom is -0.477 e. The number of carbonyl (C=O) groups is 2. The second-order valence-electron chi connectivity index (χ2n) is 7.20. The molecule has 1 aromatic heterocycles. The minimum absolute atomic E-state index is 0.0370. The van der Waals surface area contributed by atoms with Crippen LogP contribution in [0.15, 0.2) is 5.38 Å². The first kappa shape index (κ1) is 19.4. The maximum Gasteiger partial charge on any atom is 0.407 e. The van der Waals surface area contributed by atoms with Gasteiger partial charge in [0.1, 0.15) is 10.5 Å². The molecule has 1 atom stereocenters. The molecule has 0 aromatic carbocycles. The molecule has 0 fully saturated rings. The third kappa shape index (κ3) is 5.04. The predicted octanol–water partition coefficient (Wildman–Crippen LogP) is 3.36. The highest BCUT2D eigenvalue weighted by Crippen LogP contribution is 2.40. The fourth-order valence-electron chi connectivity index (χ4n) is 2.74. The van der Waals surface area contributed by atoms with Gasteiger partial charge in [-0.25, -0.2) is 18.4 Å². The molecular formula is C16H22F2N2O4S. The van der Waals surface area contributed by atoms with E-state index in [0.717, 1.165) is 11.3 Å². The lowest BCUT2D eigenvalue weighted by Crippen LogP contribution is -2.49. The molecule has 0 spiro atoms. The average Bonchev–Trinajstić information content (AvgIpc) is 2.77. The van der Waals surface area contributed by atoms with Crippen molar-refractivity contribution in [3.8, 4) is 0 Å². The molecule has 25 heavy (non-hydrogen) atoms. The molecule has 2 N–H and O–H groups in total. The topological polar surface area (TPSA) is 78.9 Å². The number of thiophene rings is 1. The number of nitrogens with zero attached hydrogens (tertiary/aromatic N) is 1. The number of amides is 1. The second kappa shape index (κ2) is 6.78. The van der Waals surface area contributed by atoms with Crippen LogP contribution in [0.3, 0.4) is 0 Å². The van der Waals surface area contributed by atoms with E-state index in [4.69, 9.17) is 4.74 Å². The smallest absolute Gasteiger partial charge is 0.407 e. The molecule has 1 aliphatic rings. The number of carboxylic acid groups (broad SMARTS) is 1. The van der Waals surface area contributed by atoms with Gasteiger partial charge in [-0.05, 0) is 38.6 Å². The van der Waals surface area contributed by atoms with Gasteiger partial charge < -0.3 is 20.1 Å². The number of ether oxygens (including phenoxy) is 1. The minimum atomic E-state index is -2.95. The van der Waals surface area contributed by atoms with Crippen LogP contribution >= 0.6 is 11.3 Å². The predicted molar refractivity (Wildman–Crippen MR) is 91.0 cm³/mol. The number of rotatable bonds is 4. The Morgan fingerprint density at radius 2 is 2.12 bits per heavy atom. The fraction of sp³-hybridized carbons (Fsp3) is 0.625. The molecule has 0 radical (unpaired) electrons. The van der Waals surface area contributed by atoms with Crippen LogP contribution in [0.2, 0.25) is 0 Å². The van der Waals surface area contributed by atoms with Crippen LogP contribution in [0.25, 0.3) is 0 Å². The normalized spacial score (nSPS) is 17.6. The zero-order chi connectivity index (χ0) is 19.0. The van der Waals surface area contributed by atoms with Gasteiger partial charge in [-0.3, -0.25) is 0 Å². The molecule has 2 rings (SSSR count). The van der Waals surface area contributed by atoms with Crippen molar-refractivity contribution in [1.82, 2.24) is 5.32 Å². The second-order valence-corrected chi connectivity index (χ2v) is 8.08. The molecule has 1 amide bonds. The number of nitrogens with one attached hydrogen (secondary N) is 1. The van der Waals surface area contributed by atoms with Gasteiger partial charge in [0.2, 0.25) is 0 Å². The highest BCUT2D eigenvalue weighted by molar-refractivity contribution is 7.12. The number of alkyl halides is 2. The molecule has 140 valence electrons. The van der Waals surface area contributed by atoms with Gasteiger partial charge in [-0.2, -0.15) is 0 Å². The summed E-state index contributed by atoms with van der Waals surface area (Å²) in [5.74, 6) is -4.09. The van der Waals surface area contributed by atoms with Crippen LogP contribution in [-0.4, -0.2) is 47.8 Å². The van der Waals surface area contributed by atoms with Crippen LogP contribution in [0.4, 0.5) is 19.3 Å². The quantitative estimate of drug-likeness (QED) is 0.842. The molecule has 0 aliphatic carbocycles. The van der Waals surface area contributed by atoms with Gasteiger partial charge in [0, 0.05) is 19.0 Å². The third-order valence-electron chi connectivity index (χ3n) is 3.48. The van der Waals surface area contributed by atoms with Crippen molar-refractivity contribution in [3.05, 3.63) is 15.8 Å². The van der Waals surface area contributed by atoms with E-state index >= 15 is 0 Å². The van der Waals surface area contributed by atoms with E-state index in [1.807, 2.05) is 0 Å². The molecule has 0 bridgehead atoms. The van der Waals surface area contributed by atoms with Crippen molar-refractivity contribution in [2.45, 2.75) is 51.7 Å². The third-order valence-corrected chi connectivity index (χ3v) is 4.48. The standard InChI is InChI=1S/C16H22F2N2O4S/c1-9(19-14(23)24-15(2,3)4)6-20-8-16(17,18)5-10-7-25-12(11(10)20)13(21)22/h7,9H,5-6,8H2,1-4H3,(H,19,23)(H,21,22)/t9-/m1/s1. The number of fused-ring (bicyclic) bond motifs is 1. The fourth-order valence-corrected chi connectivity index (χ4v) is 3.67. The zero-order valence-electron chi connectivity index (χ0n) is 14.6. The van der Waals surface area contributed by atoms with E-state index in [1.165, 1.54) is 10.3 Å². The lowest BCUT2D eigenvalue weighted by atomic mass is 10.0. The number of carbonyl (C=O) groups excluding carboxylic acids is 1. The summed E-state index contributed by atoms with van der Waals surface area (Å²) in [6, 6.07) is -0.502. The first-order valence-corrected chi connectivity index (χ1v) is 8.72. The van der Waals surface area contributed by atoms with Gasteiger partial charge in [0.05, 0.1) is 12.2 Å². The van der Waals surface area contributed by atoms with Crippen LogP contribution < -0.4 is 10.2 Å². The van der Waals surface area contributed by atoms with Gasteiger partial charge in [0.15, 0.2) is 0 Å². The largest absolute Gasteiger partial charge is 0.477 e. The Bertz CT molecular complexity index is 670. The Morgan fingerprint density at radius 1 is 1.48 bits per heavy atom. The number of hydrogen-bond acceptors (Lipinski definition) is 5. The summed E-state index contributed by atoms with van der Waals surface area (Å²) in [4.78, 5) is 24.6. The number of anilines is 1. The van der Waals surface area contributed by atoms with Crippen LogP contribution in [0.1, 0.15) is 42.9 Å². The number of hydrogen-bond donors (Lipinski definition) is 2. The zero-order valence-corrected chi connectivity index (χ0v) is 15.4. The summed E-state index contributed by atoms with van der Waals surface area (Å²) in [5.41, 5.74) is -0.0247. The van der Waals surface area contributed by atoms with Gasteiger partial charge in [-0.15, -0.1) is 11.3 Å². The van der Waals surface area contributed by atoms with Crippen molar-refractivity contribution in [2.24, 2.45) is 0 Å². The maximum absolute atomic E-state index is 14.0. The van der Waals surface area contributed by atoms with Crippen LogP contribution in [0.5, 0.6) is 0 Å². The van der Waals surface area contributed by atoms with E-state index in [1.54, 1.807) is 27.7 Å². The Hall–Kier alpha value is -1.90. The van der Waals surface area contributed by atoms with Crippen LogP contribution in [0, 0.1) is 0 Å². The van der Waals surface area contributed by atoms with E-state index in [2.05, 4.69) is 5.32 Å². The summed E-state index contributed by atoms with van der Waals surface area (Å²) in [5, 5.41) is 13.3. The SMILES string of the molecule is C[C@H](CN1CC(F)(F)Cc2csc(C(=O)O)c21)NC(=O)OC(C)(C)C. The first-order chi connectivity index (χ1) is 11.4. The van der Waals surface area contributed by atoms with Crippen molar-refractivity contribution in [1.29, 1.82) is 0 Å². The highest BCUT2D eigenvalue weighted by Gasteiger charge is 2.41. The van der Waals surface area contributed by atoms with Gasteiger partial charge in [0.25, 0.3) is 5.92 Å². The summed E-state index contributed by atoms with van der Waals surface area (Å²) in [7, 11) is 0. The lowest BCUT2D eigenvalue weighted by molar-refractivity contribution is 0.00504. The van der Waals surface area contributed by atoms with E-state index < -0.39 is 42.6 Å². The average molecular weight is 376 g/mol. The summed E-state index contributed by atoms with van der Waals surface area (Å²) in [6.45, 7) is 6.29. The van der Waals surface area contributed by atoms with E-state index in [0.29, 0.717) is 11.3 Å². The van der Waals surface area contributed by atoms with Crippen molar-refractivity contribution in [2.75, 3.05) is 18.0 Å². The van der Waals surface area contributed by atoms with Gasteiger partial charge >= 0.3 is 12.1 Å². The molecule has 0 unspecified atom stereocenters. The molecule has 0 saturated carbocycles. The Balaban J connectivity index is 2.15. The Morgan fingerprint density at radius 3 is 2.68 bits per heavy atom. The van der Waals surface area contributed by atoms with Crippen LogP contribution in [-0.2, 0) is 11.2 Å². The van der Waals surface area contributed by atoms with E-state index in [9.17, 15) is 23.5 Å². The van der Waals surface area contributed by atoms with Crippen molar-refractivity contribution < 1.29 is 28.2 Å². The molecule has 1 aliphatic heterocycles. The maximum atomic E-state index is 14.0.